The second-order valence-electron chi connectivity index (χ2n) is 7.67. The minimum atomic E-state index is -0.641. The number of aliphatic hydroxyl groups excluding tert-OH is 1. The highest BCUT2D eigenvalue weighted by atomic mass is 16.3. The molecule has 1 saturated heterocycles. The first-order valence-electron chi connectivity index (χ1n) is 9.40. The summed E-state index contributed by atoms with van der Waals surface area (Å²) in [6.45, 7) is 5.16. The van der Waals surface area contributed by atoms with Crippen LogP contribution in [0.4, 0.5) is 0 Å². The summed E-state index contributed by atoms with van der Waals surface area (Å²) in [4.78, 5) is 37.1. The Morgan fingerprint density at radius 2 is 2.07 bits per heavy atom. The summed E-state index contributed by atoms with van der Waals surface area (Å²) in [5, 5.41) is 10.6. The number of hydrogen-bond acceptors (Lipinski definition) is 5. The van der Waals surface area contributed by atoms with Gasteiger partial charge in [-0.25, -0.2) is 9.78 Å². The molecule has 1 aliphatic heterocycles. The molecule has 8 heteroatoms. The third-order valence-electron chi connectivity index (χ3n) is 5.04. The van der Waals surface area contributed by atoms with Gasteiger partial charge in [0.1, 0.15) is 17.6 Å². The van der Waals surface area contributed by atoms with Gasteiger partial charge in [0.05, 0.1) is 0 Å². The number of carbonyl (C=O) groups is 1. The molecule has 1 fully saturated rings. The van der Waals surface area contributed by atoms with Crippen LogP contribution in [0.15, 0.2) is 23.3 Å². The minimum Gasteiger partial charge on any atom is -0.385 e. The zero-order valence-electron chi connectivity index (χ0n) is 16.1. The van der Waals surface area contributed by atoms with Gasteiger partial charge in [-0.15, -0.1) is 0 Å². The Balaban J connectivity index is 1.66. The molecule has 0 saturated carbocycles. The van der Waals surface area contributed by atoms with Gasteiger partial charge < -0.3 is 19.6 Å². The lowest BCUT2D eigenvalue weighted by molar-refractivity contribution is 0.0416. The molecule has 2 aromatic heterocycles. The molecule has 0 aliphatic carbocycles. The second kappa shape index (κ2) is 8.04. The number of likely N-dealkylation sites (tertiary alicyclic amines) is 1. The Kier molecular flexibility index (Phi) is 5.74. The van der Waals surface area contributed by atoms with Gasteiger partial charge in [-0.1, -0.05) is 13.8 Å². The second-order valence-corrected chi connectivity index (χ2v) is 7.67. The van der Waals surface area contributed by atoms with E-state index in [1.165, 1.54) is 0 Å². The van der Waals surface area contributed by atoms with E-state index in [1.807, 2.05) is 17.8 Å². The number of nitrogens with zero attached hydrogens (tertiary/aromatic N) is 4. The van der Waals surface area contributed by atoms with E-state index in [-0.39, 0.29) is 17.5 Å². The van der Waals surface area contributed by atoms with Crippen LogP contribution < -0.4 is 5.69 Å². The smallest absolute Gasteiger partial charge is 0.345 e. The summed E-state index contributed by atoms with van der Waals surface area (Å²) in [5.74, 6) is 0.846. The van der Waals surface area contributed by atoms with Gasteiger partial charge in [0.15, 0.2) is 0 Å². The third kappa shape index (κ3) is 4.44. The molecule has 3 heterocycles. The predicted octanol–water partition coefficient (Wildman–Crippen LogP) is 1.29. The van der Waals surface area contributed by atoms with Crippen LogP contribution in [0, 0.1) is 11.8 Å². The normalized spacial score (nSPS) is 16.7. The highest BCUT2D eigenvalue weighted by Crippen LogP contribution is 2.30. The van der Waals surface area contributed by atoms with Gasteiger partial charge in [0.2, 0.25) is 0 Å². The summed E-state index contributed by atoms with van der Waals surface area (Å²) in [6.07, 6.45) is 4.90. The van der Waals surface area contributed by atoms with Crippen LogP contribution >= 0.6 is 0 Å². The number of imidazole rings is 1. The highest BCUT2D eigenvalue weighted by molar-refractivity contribution is 5.92. The van der Waals surface area contributed by atoms with Crippen molar-refractivity contribution < 1.29 is 9.90 Å². The van der Waals surface area contributed by atoms with Crippen molar-refractivity contribution in [2.75, 3.05) is 13.1 Å². The fourth-order valence-electron chi connectivity index (χ4n) is 3.62. The quantitative estimate of drug-likeness (QED) is 0.822. The van der Waals surface area contributed by atoms with E-state index in [1.54, 1.807) is 17.2 Å². The fraction of sp³-hybridized carbons (Fsp3) is 0.579. The molecule has 1 unspecified atom stereocenters. The van der Waals surface area contributed by atoms with Gasteiger partial charge in [0.25, 0.3) is 5.91 Å². The molecule has 8 nitrogen and oxygen atoms in total. The van der Waals surface area contributed by atoms with Crippen molar-refractivity contribution >= 4 is 5.91 Å². The number of aromatic amines is 1. The summed E-state index contributed by atoms with van der Waals surface area (Å²) in [7, 11) is 1.86. The lowest BCUT2D eigenvalue weighted by Gasteiger charge is -2.33. The number of aryl methyl sites for hydroxylation is 1. The van der Waals surface area contributed by atoms with Crippen LogP contribution in [-0.4, -0.2) is 48.5 Å². The van der Waals surface area contributed by atoms with E-state index in [2.05, 4.69) is 28.8 Å². The molecular weight excluding hydrogens is 346 g/mol. The molecule has 0 bridgehead atoms. The van der Waals surface area contributed by atoms with Crippen LogP contribution in [-0.2, 0) is 13.5 Å². The largest absolute Gasteiger partial charge is 0.385 e. The van der Waals surface area contributed by atoms with Crippen LogP contribution in [0.1, 0.15) is 54.8 Å². The molecule has 0 aromatic carbocycles. The Labute approximate surface area is 158 Å². The van der Waals surface area contributed by atoms with Crippen LogP contribution in [0.3, 0.4) is 0 Å². The fourth-order valence-corrected chi connectivity index (χ4v) is 3.62. The van der Waals surface area contributed by atoms with Gasteiger partial charge in [0, 0.05) is 38.2 Å². The molecule has 0 spiro atoms. The van der Waals surface area contributed by atoms with Gasteiger partial charge in [-0.2, -0.15) is 4.98 Å². The molecular formula is C19H27N5O3. The van der Waals surface area contributed by atoms with Gasteiger partial charge in [-0.05, 0) is 37.2 Å². The van der Waals surface area contributed by atoms with E-state index in [4.69, 9.17) is 0 Å². The minimum absolute atomic E-state index is 0.0544. The molecule has 27 heavy (non-hydrogen) atoms. The number of nitrogens with one attached hydrogen (secondary N) is 1. The van der Waals surface area contributed by atoms with E-state index in [0.717, 1.165) is 5.69 Å². The monoisotopic (exact) mass is 373 g/mol. The average molecular weight is 373 g/mol. The lowest BCUT2D eigenvalue weighted by Crippen LogP contribution is -2.41. The number of H-pyrrole nitrogens is 1. The SMILES string of the molecule is CC(C)Cc1cc(C(=O)N2CCC(C(O)c3nccn3C)CC2)nc(=O)[nH]1. The number of piperidine rings is 1. The molecule has 146 valence electrons. The Morgan fingerprint density at radius 1 is 1.37 bits per heavy atom. The van der Waals surface area contributed by atoms with Crippen molar-refractivity contribution in [1.29, 1.82) is 0 Å². The van der Waals surface area contributed by atoms with Crippen molar-refractivity contribution in [2.24, 2.45) is 18.9 Å². The van der Waals surface area contributed by atoms with E-state index < -0.39 is 11.8 Å². The summed E-state index contributed by atoms with van der Waals surface area (Å²) < 4.78 is 1.82. The molecule has 2 aromatic rings. The first kappa shape index (κ1) is 19.3. The highest BCUT2D eigenvalue weighted by Gasteiger charge is 2.31. The predicted molar refractivity (Wildman–Crippen MR) is 100 cm³/mol. The third-order valence-corrected chi connectivity index (χ3v) is 5.04. The molecule has 1 atom stereocenters. The number of amides is 1. The topological polar surface area (TPSA) is 104 Å². The summed E-state index contributed by atoms with van der Waals surface area (Å²) in [6, 6.07) is 1.68. The number of carbonyl (C=O) groups excluding carboxylic acids is 1. The standard InChI is InChI=1S/C19H27N5O3/c1-12(2)10-14-11-15(22-19(27)21-14)18(26)24-7-4-13(5-8-24)16(25)17-20-6-9-23(17)3/h6,9,11-13,16,25H,4-5,7-8,10H2,1-3H3,(H,21,22,27). The van der Waals surface area contributed by atoms with E-state index in [0.29, 0.717) is 44.1 Å². The molecule has 3 rings (SSSR count). The first-order valence-corrected chi connectivity index (χ1v) is 9.40. The Bertz CT molecular complexity index is 849. The van der Waals surface area contributed by atoms with E-state index >= 15 is 0 Å². The van der Waals surface area contributed by atoms with Crippen LogP contribution in [0.2, 0.25) is 0 Å². The van der Waals surface area contributed by atoms with Crippen molar-refractivity contribution in [1.82, 2.24) is 24.4 Å². The Hall–Kier alpha value is -2.48. The van der Waals surface area contributed by atoms with Crippen molar-refractivity contribution in [3.8, 4) is 0 Å². The van der Waals surface area contributed by atoms with Gasteiger partial charge >= 0.3 is 5.69 Å². The zero-order valence-corrected chi connectivity index (χ0v) is 16.1. The molecule has 1 amide bonds. The number of hydrogen-bond donors (Lipinski definition) is 2. The number of aromatic nitrogens is 4. The maximum Gasteiger partial charge on any atom is 0.345 e. The first-order chi connectivity index (χ1) is 12.8. The summed E-state index contributed by atoms with van der Waals surface area (Å²) >= 11 is 0. The maximum absolute atomic E-state index is 12.8. The molecule has 0 radical (unpaired) electrons. The van der Waals surface area contributed by atoms with Crippen LogP contribution in [0.25, 0.3) is 0 Å². The zero-order chi connectivity index (χ0) is 19.6. The van der Waals surface area contributed by atoms with Crippen LogP contribution in [0.5, 0.6) is 0 Å². The van der Waals surface area contributed by atoms with Crippen molar-refractivity contribution in [2.45, 2.75) is 39.2 Å². The molecule has 2 N–H and O–H groups in total. The Morgan fingerprint density at radius 3 is 2.67 bits per heavy atom. The van der Waals surface area contributed by atoms with Crippen molar-refractivity contribution in [3.05, 3.63) is 46.2 Å². The van der Waals surface area contributed by atoms with Crippen molar-refractivity contribution in [3.63, 3.8) is 0 Å². The van der Waals surface area contributed by atoms with E-state index in [9.17, 15) is 14.7 Å². The summed E-state index contributed by atoms with van der Waals surface area (Å²) in [5.41, 5.74) is 0.433. The average Bonchev–Trinajstić information content (AvgIpc) is 3.05. The molecule has 1 aliphatic rings. The number of rotatable bonds is 5. The maximum atomic E-state index is 12.8. The number of aliphatic hydroxyl groups is 1. The van der Waals surface area contributed by atoms with Gasteiger partial charge in [-0.3, -0.25) is 4.79 Å². The lowest BCUT2D eigenvalue weighted by atomic mass is 9.90.